The Hall–Kier alpha value is -2.63. The molecule has 1 saturated carbocycles. The average molecular weight is 728 g/mol. The Bertz CT molecular complexity index is 1690. The van der Waals surface area contributed by atoms with E-state index in [-0.39, 0.29) is 18.9 Å². The van der Waals surface area contributed by atoms with E-state index in [9.17, 15) is 13.2 Å². The van der Waals surface area contributed by atoms with Gasteiger partial charge in [0.2, 0.25) is 10.0 Å². The maximum atomic E-state index is 13.5. The zero-order chi connectivity index (χ0) is 34.9. The minimum atomic E-state index is -3.92. The van der Waals surface area contributed by atoms with Gasteiger partial charge in [0.05, 0.1) is 36.9 Å². The van der Waals surface area contributed by atoms with Gasteiger partial charge < -0.3 is 19.1 Å². The van der Waals surface area contributed by atoms with Crippen molar-refractivity contribution in [1.82, 2.24) is 9.62 Å². The van der Waals surface area contributed by atoms with E-state index in [0.717, 1.165) is 101 Å². The van der Waals surface area contributed by atoms with Gasteiger partial charge in [0.1, 0.15) is 5.75 Å². The summed E-state index contributed by atoms with van der Waals surface area (Å²) in [5, 5.41) is -0.00644. The van der Waals surface area contributed by atoms with E-state index in [1.165, 1.54) is 11.1 Å². The Balaban J connectivity index is 0.00000448. The van der Waals surface area contributed by atoms with E-state index in [0.29, 0.717) is 37.0 Å². The molecule has 0 radical (unpaired) electrons. The second kappa shape index (κ2) is 15.2. The number of fused-ring (bicyclic) bond motifs is 4. The number of amides is 1. The highest BCUT2D eigenvalue weighted by molar-refractivity contribution is 7.90. The molecule has 0 aromatic heterocycles. The highest BCUT2D eigenvalue weighted by Crippen LogP contribution is 2.47. The molecule has 3 heterocycles. The number of ether oxygens (including phenoxy) is 3. The van der Waals surface area contributed by atoms with Crippen LogP contribution in [0.2, 0.25) is 5.02 Å². The first kappa shape index (κ1) is 35.8. The van der Waals surface area contributed by atoms with Crippen molar-refractivity contribution in [1.29, 1.82) is 0 Å². The number of carbonyl (C=O) groups excluding carboxylic acids is 1. The molecule has 274 valence electrons. The monoisotopic (exact) mass is 727 g/mol. The molecule has 1 amide bonds. The standard InChI is InChI=1S/C39H52ClN3O6S.H2/c1-27-6-3-8-36(48-19-5-16-42-17-20-47-21-18-42)33-12-9-31(33)24-43-25-39(15-4-7-29-22-32(40)11-13-34(29)39)26-49-37-14-10-30(23-35(37)43)38(44)41-50(45,46)28(27)2;/h3,8,10-11,13-14,22-23,27-28,31,33,36H,4-7,9,12,15-21,24-26H2,1-2H3,(H,41,44);1H/b8-3+;/t27-,28+,31-,33+,36-,39-;/m0./s1. The third kappa shape index (κ3) is 7.61. The van der Waals surface area contributed by atoms with Crippen LogP contribution in [0.15, 0.2) is 48.6 Å². The molecule has 9 nitrogen and oxygen atoms in total. The van der Waals surface area contributed by atoms with Crippen molar-refractivity contribution in [3.8, 4) is 5.75 Å². The molecular formula is C39H54ClN3O6S. The summed E-state index contributed by atoms with van der Waals surface area (Å²) in [6.45, 7) is 10.8. The fourth-order valence-electron chi connectivity index (χ4n) is 8.65. The van der Waals surface area contributed by atoms with Crippen LogP contribution in [-0.2, 0) is 31.3 Å². The van der Waals surface area contributed by atoms with Crippen LogP contribution in [0.3, 0.4) is 0 Å². The molecule has 3 aliphatic heterocycles. The Morgan fingerprint density at radius 2 is 1.96 bits per heavy atom. The highest BCUT2D eigenvalue weighted by Gasteiger charge is 2.44. The predicted molar refractivity (Wildman–Crippen MR) is 199 cm³/mol. The third-order valence-corrected chi connectivity index (χ3v) is 14.2. The molecule has 6 atom stereocenters. The molecule has 1 spiro atoms. The SMILES string of the molecule is C[C@@H]1[C@@H](C)C/C=C/[C@H](OCCCN2CCOCC2)[C@@H]2CC[C@H]2CN2C[C@@]3(CCCc4cc(Cl)ccc43)COc3ccc(cc32)C(=O)NS1(=O)=O.[HH]. The van der Waals surface area contributed by atoms with Gasteiger partial charge in [-0.05, 0) is 111 Å². The summed E-state index contributed by atoms with van der Waals surface area (Å²) in [6.07, 6.45) is 11.0. The van der Waals surface area contributed by atoms with Crippen LogP contribution >= 0.6 is 11.6 Å². The van der Waals surface area contributed by atoms with Crippen LogP contribution in [0.1, 0.15) is 75.3 Å². The molecule has 0 unspecified atom stereocenters. The fraction of sp³-hybridized carbons (Fsp3) is 0.615. The number of morpholine rings is 1. The smallest absolute Gasteiger partial charge is 0.264 e. The molecule has 11 heteroatoms. The zero-order valence-corrected chi connectivity index (χ0v) is 31.0. The number of benzene rings is 2. The molecule has 2 aromatic carbocycles. The van der Waals surface area contributed by atoms with Crippen LogP contribution < -0.4 is 14.4 Å². The highest BCUT2D eigenvalue weighted by atomic mass is 35.5. The van der Waals surface area contributed by atoms with Crippen LogP contribution in [0.4, 0.5) is 5.69 Å². The van der Waals surface area contributed by atoms with E-state index >= 15 is 0 Å². The average Bonchev–Trinajstić information content (AvgIpc) is 3.24. The van der Waals surface area contributed by atoms with Crippen LogP contribution in [0, 0.1) is 17.8 Å². The van der Waals surface area contributed by atoms with E-state index in [2.05, 4.69) is 38.8 Å². The minimum absolute atomic E-state index is 0. The molecular weight excluding hydrogens is 674 g/mol. The van der Waals surface area contributed by atoms with Crippen molar-refractivity contribution < 1.29 is 28.8 Å². The summed E-state index contributed by atoms with van der Waals surface area (Å²) < 4.78 is 48.1. The summed E-state index contributed by atoms with van der Waals surface area (Å²) >= 11 is 6.47. The number of nitrogens with one attached hydrogen (secondary N) is 1. The lowest BCUT2D eigenvalue weighted by Crippen LogP contribution is -2.49. The zero-order valence-electron chi connectivity index (χ0n) is 29.4. The largest absolute Gasteiger partial charge is 0.490 e. The second-order valence-corrected chi connectivity index (χ2v) is 17.7. The third-order valence-electron chi connectivity index (χ3n) is 12.0. The van der Waals surface area contributed by atoms with Gasteiger partial charge in [0.15, 0.2) is 0 Å². The van der Waals surface area contributed by atoms with E-state index in [1.54, 1.807) is 13.0 Å². The summed E-state index contributed by atoms with van der Waals surface area (Å²) in [7, 11) is -3.92. The summed E-state index contributed by atoms with van der Waals surface area (Å²) in [5.41, 5.74) is 3.47. The lowest BCUT2D eigenvalue weighted by molar-refractivity contribution is -0.0203. The Labute approximate surface area is 304 Å². The first-order valence-corrected chi connectivity index (χ1v) is 20.5. The van der Waals surface area contributed by atoms with Crippen molar-refractivity contribution in [3.05, 3.63) is 70.3 Å². The maximum absolute atomic E-state index is 13.5. The number of sulfonamides is 1. The number of nitrogens with zero attached hydrogens (tertiary/aromatic N) is 2. The topological polar surface area (TPSA) is 97.4 Å². The number of carbonyl (C=O) groups is 1. The first-order chi connectivity index (χ1) is 24.1. The van der Waals surface area contributed by atoms with E-state index in [4.69, 9.17) is 25.8 Å². The van der Waals surface area contributed by atoms with Gasteiger partial charge in [0, 0.05) is 56.8 Å². The number of hydrogen-bond acceptors (Lipinski definition) is 8. The molecule has 2 aromatic rings. The minimum Gasteiger partial charge on any atom is -0.490 e. The second-order valence-electron chi connectivity index (χ2n) is 15.3. The summed E-state index contributed by atoms with van der Waals surface area (Å²) in [5.74, 6) is 0.646. The molecule has 5 aliphatic rings. The number of halogens is 1. The van der Waals surface area contributed by atoms with Crippen LogP contribution in [-0.4, -0.2) is 89.7 Å². The number of hydrogen-bond donors (Lipinski definition) is 1. The number of rotatable bonds is 5. The van der Waals surface area contributed by atoms with Crippen molar-refractivity contribution >= 4 is 33.2 Å². The molecule has 1 saturated heterocycles. The number of allylic oxidation sites excluding steroid dienone is 1. The predicted octanol–water partition coefficient (Wildman–Crippen LogP) is 6.24. The summed E-state index contributed by atoms with van der Waals surface area (Å²) in [4.78, 5) is 18.4. The molecule has 2 fully saturated rings. The van der Waals surface area contributed by atoms with E-state index < -0.39 is 21.2 Å². The van der Waals surface area contributed by atoms with Crippen LogP contribution in [0.5, 0.6) is 5.75 Å². The number of anilines is 1. The number of aryl methyl sites for hydroxylation is 1. The van der Waals surface area contributed by atoms with Gasteiger partial charge in [-0.3, -0.25) is 9.69 Å². The lowest BCUT2D eigenvalue weighted by Gasteiger charge is -2.46. The molecule has 2 aliphatic carbocycles. The van der Waals surface area contributed by atoms with Gasteiger partial charge in [-0.1, -0.05) is 36.7 Å². The van der Waals surface area contributed by atoms with Gasteiger partial charge >= 0.3 is 0 Å². The van der Waals surface area contributed by atoms with Crippen molar-refractivity contribution in [3.63, 3.8) is 0 Å². The van der Waals surface area contributed by atoms with Gasteiger partial charge in [-0.2, -0.15) is 0 Å². The Kier molecular flexibility index (Phi) is 10.8. The van der Waals surface area contributed by atoms with Gasteiger partial charge in [0.25, 0.3) is 5.91 Å². The normalized spacial score (nSPS) is 32.1. The van der Waals surface area contributed by atoms with Crippen molar-refractivity contribution in [2.75, 3.05) is 64.1 Å². The molecule has 7 rings (SSSR count). The van der Waals surface area contributed by atoms with Gasteiger partial charge in [-0.25, -0.2) is 13.1 Å². The van der Waals surface area contributed by atoms with Gasteiger partial charge in [-0.15, -0.1) is 0 Å². The van der Waals surface area contributed by atoms with E-state index in [1.807, 2.05) is 25.1 Å². The fourth-order valence-corrected chi connectivity index (χ4v) is 10.1. The first-order valence-electron chi connectivity index (χ1n) is 18.6. The maximum Gasteiger partial charge on any atom is 0.264 e. The van der Waals surface area contributed by atoms with Crippen molar-refractivity contribution in [2.24, 2.45) is 17.8 Å². The van der Waals surface area contributed by atoms with Crippen LogP contribution in [0.25, 0.3) is 0 Å². The molecule has 1 N–H and O–H groups in total. The molecule has 50 heavy (non-hydrogen) atoms. The lowest BCUT2D eigenvalue weighted by atomic mass is 9.68. The van der Waals surface area contributed by atoms with Crippen molar-refractivity contribution in [2.45, 2.75) is 75.6 Å². The Morgan fingerprint density at radius 3 is 2.76 bits per heavy atom. The quantitative estimate of drug-likeness (QED) is 0.286. The summed E-state index contributed by atoms with van der Waals surface area (Å²) in [6, 6.07) is 11.6. The molecule has 2 bridgehead atoms. The Morgan fingerprint density at radius 1 is 1.12 bits per heavy atom.